The number of halogens is 2. The Labute approximate surface area is 194 Å². The van der Waals surface area contributed by atoms with E-state index in [0.717, 1.165) is 27.8 Å². The molecule has 1 fully saturated rings. The van der Waals surface area contributed by atoms with Crippen LogP contribution in [0.2, 0.25) is 10.0 Å². The number of carbonyl (C=O) groups excluding carboxylic acids is 2. The number of benzene rings is 3. The van der Waals surface area contributed by atoms with Crippen molar-refractivity contribution in [2.24, 2.45) is 0 Å². The number of carbonyl (C=O) groups is 2. The van der Waals surface area contributed by atoms with Crippen LogP contribution in [-0.2, 0) is 11.4 Å². The Kier molecular flexibility index (Phi) is 6.37. The van der Waals surface area contributed by atoms with Crippen LogP contribution in [0.3, 0.4) is 0 Å². The first-order valence-electron chi connectivity index (χ1n) is 9.42. The second-order valence-corrected chi connectivity index (χ2v) is 8.77. The third-order valence-corrected chi connectivity index (χ3v) is 6.25. The third-order valence-electron chi connectivity index (χ3n) is 4.64. The van der Waals surface area contributed by atoms with E-state index in [1.165, 1.54) is 11.6 Å². The molecular formula is C24H17Cl2NO3S. The predicted octanol–water partition coefficient (Wildman–Crippen LogP) is 7.12. The van der Waals surface area contributed by atoms with E-state index in [2.05, 4.69) is 0 Å². The van der Waals surface area contributed by atoms with Gasteiger partial charge in [0.1, 0.15) is 12.4 Å². The summed E-state index contributed by atoms with van der Waals surface area (Å²) in [6, 6.07) is 20.2. The number of ether oxygens (including phenoxy) is 1. The van der Waals surface area contributed by atoms with Crippen molar-refractivity contribution in [2.45, 2.75) is 13.5 Å². The van der Waals surface area contributed by atoms with E-state index in [1.807, 2.05) is 55.5 Å². The fourth-order valence-electron chi connectivity index (χ4n) is 3.01. The Balaban J connectivity index is 1.51. The molecule has 3 aromatic carbocycles. The molecule has 156 valence electrons. The first-order chi connectivity index (χ1) is 14.9. The number of thioether (sulfide) groups is 1. The molecular weight excluding hydrogens is 453 g/mol. The Morgan fingerprint density at radius 1 is 0.968 bits per heavy atom. The number of aryl methyl sites for hydroxylation is 1. The molecule has 7 heteroatoms. The minimum atomic E-state index is -0.403. The molecule has 0 atom stereocenters. The summed E-state index contributed by atoms with van der Waals surface area (Å²) in [5, 5.41) is 0.248. The fourth-order valence-corrected chi connectivity index (χ4v) is 4.14. The van der Waals surface area contributed by atoms with Gasteiger partial charge in [0.05, 0.1) is 20.6 Å². The van der Waals surface area contributed by atoms with E-state index in [1.54, 1.807) is 18.2 Å². The number of amides is 2. The Morgan fingerprint density at radius 2 is 1.74 bits per heavy atom. The van der Waals surface area contributed by atoms with Crippen LogP contribution in [0.1, 0.15) is 16.7 Å². The average molecular weight is 470 g/mol. The first kappa shape index (κ1) is 21.5. The molecule has 0 bridgehead atoms. The molecule has 31 heavy (non-hydrogen) atoms. The lowest BCUT2D eigenvalue weighted by Gasteiger charge is -2.13. The SMILES string of the molecule is Cc1ccc(COc2cccc(/C=C3\SC(=O)N(c4ccc(Cl)c(Cl)c4)C3=O)c2)cc1. The van der Waals surface area contributed by atoms with Crippen molar-refractivity contribution >= 4 is 57.9 Å². The zero-order valence-electron chi connectivity index (χ0n) is 16.5. The van der Waals surface area contributed by atoms with Crippen molar-refractivity contribution in [1.82, 2.24) is 0 Å². The molecule has 0 saturated carbocycles. The summed E-state index contributed by atoms with van der Waals surface area (Å²) in [6.07, 6.45) is 1.68. The number of rotatable bonds is 5. The van der Waals surface area contributed by atoms with E-state index in [-0.39, 0.29) is 10.3 Å². The molecule has 4 rings (SSSR count). The van der Waals surface area contributed by atoms with Gasteiger partial charge in [-0.1, -0.05) is 65.2 Å². The topological polar surface area (TPSA) is 46.6 Å². The van der Waals surface area contributed by atoms with Crippen molar-refractivity contribution in [1.29, 1.82) is 0 Å². The summed E-state index contributed by atoms with van der Waals surface area (Å²) >= 11 is 12.9. The second-order valence-electron chi connectivity index (χ2n) is 6.96. The van der Waals surface area contributed by atoms with Crippen molar-refractivity contribution in [3.05, 3.63) is 98.4 Å². The van der Waals surface area contributed by atoms with Crippen LogP contribution in [0.15, 0.2) is 71.6 Å². The predicted molar refractivity (Wildman–Crippen MR) is 127 cm³/mol. The Hall–Kier alpha value is -2.73. The zero-order chi connectivity index (χ0) is 22.0. The van der Waals surface area contributed by atoms with E-state index in [0.29, 0.717) is 28.0 Å². The average Bonchev–Trinajstić information content (AvgIpc) is 3.03. The Bertz CT molecular complexity index is 1190. The fraction of sp³-hybridized carbons (Fsp3) is 0.0833. The summed E-state index contributed by atoms with van der Waals surface area (Å²) in [5.74, 6) is 0.275. The monoisotopic (exact) mass is 469 g/mol. The molecule has 1 saturated heterocycles. The lowest BCUT2D eigenvalue weighted by molar-refractivity contribution is -0.113. The van der Waals surface area contributed by atoms with Crippen LogP contribution >= 0.6 is 35.0 Å². The highest BCUT2D eigenvalue weighted by atomic mass is 35.5. The van der Waals surface area contributed by atoms with Crippen molar-refractivity contribution in [3.63, 3.8) is 0 Å². The van der Waals surface area contributed by atoms with Crippen molar-refractivity contribution in [2.75, 3.05) is 4.90 Å². The summed E-state index contributed by atoms with van der Waals surface area (Å²) in [4.78, 5) is 26.7. The van der Waals surface area contributed by atoms with Gasteiger partial charge in [0.2, 0.25) is 0 Å². The molecule has 1 aliphatic rings. The molecule has 0 aliphatic carbocycles. The van der Waals surface area contributed by atoms with Crippen LogP contribution in [0.5, 0.6) is 5.75 Å². The van der Waals surface area contributed by atoms with Crippen molar-refractivity contribution < 1.29 is 14.3 Å². The maximum Gasteiger partial charge on any atom is 0.298 e. The van der Waals surface area contributed by atoms with Crippen LogP contribution in [0.4, 0.5) is 10.5 Å². The third kappa shape index (κ3) is 4.96. The van der Waals surface area contributed by atoms with E-state index in [9.17, 15) is 9.59 Å². The highest BCUT2D eigenvalue weighted by molar-refractivity contribution is 8.19. The van der Waals surface area contributed by atoms with Gasteiger partial charge in [-0.3, -0.25) is 9.59 Å². The van der Waals surface area contributed by atoms with Crippen LogP contribution < -0.4 is 9.64 Å². The van der Waals surface area contributed by atoms with Gasteiger partial charge in [0.25, 0.3) is 11.1 Å². The van der Waals surface area contributed by atoms with Gasteiger partial charge >= 0.3 is 0 Å². The number of nitrogens with zero attached hydrogens (tertiary/aromatic N) is 1. The van der Waals surface area contributed by atoms with Gasteiger partial charge in [-0.15, -0.1) is 0 Å². The van der Waals surface area contributed by atoms with Gasteiger partial charge < -0.3 is 4.74 Å². The molecule has 1 aliphatic heterocycles. The largest absolute Gasteiger partial charge is 0.489 e. The zero-order valence-corrected chi connectivity index (χ0v) is 18.8. The molecule has 3 aromatic rings. The lowest BCUT2D eigenvalue weighted by atomic mass is 10.1. The smallest absolute Gasteiger partial charge is 0.298 e. The standard InChI is InChI=1S/C24H17Cl2NO3S/c1-15-5-7-16(8-6-15)14-30-19-4-2-3-17(11-19)12-22-23(28)27(24(29)31-22)18-9-10-20(25)21(26)13-18/h2-13H,14H2,1H3/b22-12-. The minimum Gasteiger partial charge on any atom is -0.489 e. The highest BCUT2D eigenvalue weighted by Gasteiger charge is 2.36. The molecule has 0 radical (unpaired) electrons. The van der Waals surface area contributed by atoms with Gasteiger partial charge in [0, 0.05) is 0 Å². The van der Waals surface area contributed by atoms with E-state index >= 15 is 0 Å². The van der Waals surface area contributed by atoms with E-state index in [4.69, 9.17) is 27.9 Å². The van der Waals surface area contributed by atoms with Gasteiger partial charge in [-0.25, -0.2) is 4.90 Å². The number of hydrogen-bond acceptors (Lipinski definition) is 4. The van der Waals surface area contributed by atoms with Gasteiger partial charge in [-0.2, -0.15) is 0 Å². The molecule has 4 nitrogen and oxygen atoms in total. The molecule has 0 N–H and O–H groups in total. The summed E-state index contributed by atoms with van der Waals surface area (Å²) in [5.41, 5.74) is 3.41. The van der Waals surface area contributed by atoms with Crippen LogP contribution in [-0.4, -0.2) is 11.1 Å². The second kappa shape index (κ2) is 9.18. The first-order valence-corrected chi connectivity index (χ1v) is 11.0. The molecule has 0 spiro atoms. The lowest BCUT2D eigenvalue weighted by Crippen LogP contribution is -2.27. The summed E-state index contributed by atoms with van der Waals surface area (Å²) in [7, 11) is 0. The maximum atomic E-state index is 12.8. The van der Waals surface area contributed by atoms with Gasteiger partial charge in [-0.05, 0) is 66.2 Å². The quantitative estimate of drug-likeness (QED) is 0.373. The number of imide groups is 1. The summed E-state index contributed by atoms with van der Waals surface area (Å²) in [6.45, 7) is 2.48. The molecule has 1 heterocycles. The normalized spacial score (nSPS) is 15.1. The number of hydrogen-bond donors (Lipinski definition) is 0. The van der Waals surface area contributed by atoms with Crippen LogP contribution in [0, 0.1) is 6.92 Å². The summed E-state index contributed by atoms with van der Waals surface area (Å²) < 4.78 is 5.87. The van der Waals surface area contributed by atoms with E-state index < -0.39 is 5.91 Å². The van der Waals surface area contributed by atoms with Crippen LogP contribution in [0.25, 0.3) is 6.08 Å². The van der Waals surface area contributed by atoms with Crippen molar-refractivity contribution in [3.8, 4) is 5.75 Å². The molecule has 2 amide bonds. The highest BCUT2D eigenvalue weighted by Crippen LogP contribution is 2.37. The number of anilines is 1. The maximum absolute atomic E-state index is 12.8. The molecule has 0 unspecified atom stereocenters. The molecule has 0 aromatic heterocycles. The van der Waals surface area contributed by atoms with Gasteiger partial charge in [0.15, 0.2) is 0 Å². The Morgan fingerprint density at radius 3 is 2.48 bits per heavy atom. The minimum absolute atomic E-state index is 0.278.